The highest BCUT2D eigenvalue weighted by atomic mass is 35.5. The van der Waals surface area contributed by atoms with Crippen LogP contribution >= 0.6 is 22.9 Å². The molecule has 1 aromatic heterocycles. The fourth-order valence-electron chi connectivity index (χ4n) is 4.23. The summed E-state index contributed by atoms with van der Waals surface area (Å²) in [5.74, 6) is 0.0567. The van der Waals surface area contributed by atoms with Crippen molar-refractivity contribution in [3.8, 4) is 0 Å². The maximum Gasteiger partial charge on any atom is 0.323 e. The predicted octanol–water partition coefficient (Wildman–Crippen LogP) is 2.69. The van der Waals surface area contributed by atoms with Gasteiger partial charge in [-0.25, -0.2) is 9.78 Å². The average molecular weight is 505 g/mol. The van der Waals surface area contributed by atoms with Crippen molar-refractivity contribution in [2.45, 2.75) is 20.3 Å². The minimum atomic E-state index is -0.233. The first-order valence-corrected chi connectivity index (χ1v) is 12.6. The molecule has 0 spiro atoms. The van der Waals surface area contributed by atoms with Crippen molar-refractivity contribution < 1.29 is 14.4 Å². The summed E-state index contributed by atoms with van der Waals surface area (Å²) in [5.41, 5.74) is 2.93. The van der Waals surface area contributed by atoms with E-state index in [9.17, 15) is 14.4 Å². The van der Waals surface area contributed by atoms with Crippen LogP contribution in [0.25, 0.3) is 0 Å². The van der Waals surface area contributed by atoms with Crippen LogP contribution in [0.15, 0.2) is 23.6 Å². The number of anilines is 2. The number of hydrogen-bond donors (Lipinski definition) is 1. The summed E-state index contributed by atoms with van der Waals surface area (Å²) in [6.45, 7) is 8.43. The lowest BCUT2D eigenvalue weighted by Crippen LogP contribution is -2.51. The Morgan fingerprint density at radius 2 is 1.65 bits per heavy atom. The Hall–Kier alpha value is -2.85. The Morgan fingerprint density at radius 3 is 2.32 bits per heavy atom. The third kappa shape index (κ3) is 5.79. The van der Waals surface area contributed by atoms with E-state index < -0.39 is 0 Å². The molecular weight excluding hydrogens is 476 g/mol. The molecule has 2 aromatic rings. The maximum atomic E-state index is 12.8. The number of urea groups is 1. The summed E-state index contributed by atoms with van der Waals surface area (Å²) < 4.78 is 0. The third-order valence-electron chi connectivity index (χ3n) is 6.25. The highest BCUT2D eigenvalue weighted by molar-refractivity contribution is 7.13. The monoisotopic (exact) mass is 504 g/mol. The Bertz CT molecular complexity index is 1060. The van der Waals surface area contributed by atoms with Crippen molar-refractivity contribution in [3.63, 3.8) is 0 Å². The molecule has 4 amide bonds. The lowest BCUT2D eigenvalue weighted by atomic mass is 10.1. The first-order chi connectivity index (χ1) is 16.3. The average Bonchev–Trinajstić information content (AvgIpc) is 3.27. The molecule has 2 saturated heterocycles. The molecule has 182 valence electrons. The second-order valence-electron chi connectivity index (χ2n) is 8.54. The zero-order valence-electron chi connectivity index (χ0n) is 19.4. The number of thiazole rings is 1. The number of rotatable bonds is 4. The molecule has 0 aliphatic carbocycles. The van der Waals surface area contributed by atoms with Crippen LogP contribution in [0.1, 0.15) is 18.2 Å². The standard InChI is InChI=1S/C23H29ClN6O3S/c1-16-3-4-18(24)13-20(16)28-7-9-29(10-8-28)21(32)14-19-15-34-22(25-19)26-23(33)30-11-5-27(6-12-30)17(2)31/h3-4,13,15H,5-12,14H2,1-2H3,(H,25,26,33). The first-order valence-electron chi connectivity index (χ1n) is 11.3. The molecular formula is C23H29ClN6O3S. The lowest BCUT2D eigenvalue weighted by molar-refractivity contribution is -0.131. The Morgan fingerprint density at radius 1 is 1.00 bits per heavy atom. The number of hydrogen-bond acceptors (Lipinski definition) is 6. The SMILES string of the molecule is CC(=O)N1CCN(C(=O)Nc2nc(CC(=O)N3CCN(c4cc(Cl)ccc4C)CC3)cs2)CC1. The molecule has 34 heavy (non-hydrogen) atoms. The highest BCUT2D eigenvalue weighted by Gasteiger charge is 2.25. The first kappa shape index (κ1) is 24.3. The Kier molecular flexibility index (Phi) is 7.57. The summed E-state index contributed by atoms with van der Waals surface area (Å²) >= 11 is 7.47. The molecule has 4 rings (SSSR count). The number of benzene rings is 1. The summed E-state index contributed by atoms with van der Waals surface area (Å²) in [4.78, 5) is 48.7. The van der Waals surface area contributed by atoms with Crippen molar-refractivity contribution in [1.29, 1.82) is 0 Å². The molecule has 11 heteroatoms. The van der Waals surface area contributed by atoms with E-state index in [0.29, 0.717) is 55.1 Å². The number of carbonyl (C=O) groups is 3. The molecule has 2 aliphatic rings. The summed E-state index contributed by atoms with van der Waals surface area (Å²) in [7, 11) is 0. The second-order valence-corrected chi connectivity index (χ2v) is 9.84. The van der Waals surface area contributed by atoms with Crippen LogP contribution in [0.2, 0.25) is 5.02 Å². The van der Waals surface area contributed by atoms with Crippen molar-refractivity contribution in [1.82, 2.24) is 19.7 Å². The van der Waals surface area contributed by atoms with Gasteiger partial charge in [-0.1, -0.05) is 17.7 Å². The van der Waals surface area contributed by atoms with Gasteiger partial charge in [0.05, 0.1) is 12.1 Å². The van der Waals surface area contributed by atoms with Gasteiger partial charge in [0.1, 0.15) is 0 Å². The van der Waals surface area contributed by atoms with E-state index in [1.807, 2.05) is 28.5 Å². The van der Waals surface area contributed by atoms with Crippen LogP contribution in [0.3, 0.4) is 0 Å². The van der Waals surface area contributed by atoms with Crippen LogP contribution in [0, 0.1) is 6.92 Å². The van der Waals surface area contributed by atoms with E-state index in [2.05, 4.69) is 22.1 Å². The number of aromatic nitrogens is 1. The Balaban J connectivity index is 1.25. The molecule has 0 unspecified atom stereocenters. The molecule has 1 aromatic carbocycles. The largest absolute Gasteiger partial charge is 0.368 e. The zero-order chi connectivity index (χ0) is 24.2. The van der Waals surface area contributed by atoms with Gasteiger partial charge in [0, 0.05) is 75.4 Å². The van der Waals surface area contributed by atoms with E-state index >= 15 is 0 Å². The molecule has 0 saturated carbocycles. The van der Waals surface area contributed by atoms with E-state index in [0.717, 1.165) is 18.8 Å². The van der Waals surface area contributed by atoms with Crippen molar-refractivity contribution in [2.24, 2.45) is 0 Å². The number of nitrogens with one attached hydrogen (secondary N) is 1. The number of halogens is 1. The zero-order valence-corrected chi connectivity index (χ0v) is 21.0. The molecule has 0 bridgehead atoms. The fourth-order valence-corrected chi connectivity index (χ4v) is 5.09. The maximum absolute atomic E-state index is 12.8. The molecule has 0 radical (unpaired) electrons. The van der Waals surface area contributed by atoms with Crippen LogP contribution in [-0.2, 0) is 16.0 Å². The van der Waals surface area contributed by atoms with Gasteiger partial charge in [0.25, 0.3) is 0 Å². The van der Waals surface area contributed by atoms with Gasteiger partial charge < -0.3 is 19.6 Å². The van der Waals surface area contributed by atoms with Crippen LogP contribution < -0.4 is 10.2 Å². The highest BCUT2D eigenvalue weighted by Crippen LogP contribution is 2.25. The van der Waals surface area contributed by atoms with Gasteiger partial charge in [-0.15, -0.1) is 11.3 Å². The molecule has 2 fully saturated rings. The summed E-state index contributed by atoms with van der Waals surface area (Å²) in [6, 6.07) is 5.64. The molecule has 1 N–H and O–H groups in total. The molecule has 9 nitrogen and oxygen atoms in total. The lowest BCUT2D eigenvalue weighted by Gasteiger charge is -2.36. The molecule has 2 aliphatic heterocycles. The molecule has 3 heterocycles. The molecule has 0 atom stereocenters. The van der Waals surface area contributed by atoms with Gasteiger partial charge in [0.2, 0.25) is 11.8 Å². The number of nitrogens with zero attached hydrogens (tertiary/aromatic N) is 5. The van der Waals surface area contributed by atoms with E-state index in [1.165, 1.54) is 23.8 Å². The van der Waals surface area contributed by atoms with E-state index in [-0.39, 0.29) is 24.3 Å². The normalized spacial score (nSPS) is 16.6. The number of carbonyl (C=O) groups excluding carboxylic acids is 3. The van der Waals surface area contributed by atoms with E-state index in [4.69, 9.17) is 11.6 Å². The van der Waals surface area contributed by atoms with Crippen LogP contribution in [0.4, 0.5) is 15.6 Å². The quantitative estimate of drug-likeness (QED) is 0.691. The number of aryl methyl sites for hydroxylation is 1. The smallest absolute Gasteiger partial charge is 0.323 e. The van der Waals surface area contributed by atoms with Gasteiger partial charge in [0.15, 0.2) is 5.13 Å². The van der Waals surface area contributed by atoms with Crippen molar-refractivity contribution >= 4 is 51.6 Å². The van der Waals surface area contributed by atoms with E-state index in [1.54, 1.807) is 9.80 Å². The second kappa shape index (κ2) is 10.6. The van der Waals surface area contributed by atoms with Gasteiger partial charge in [-0.3, -0.25) is 14.9 Å². The van der Waals surface area contributed by atoms with Gasteiger partial charge in [-0.05, 0) is 24.6 Å². The third-order valence-corrected chi connectivity index (χ3v) is 7.30. The summed E-state index contributed by atoms with van der Waals surface area (Å²) in [6.07, 6.45) is 0.208. The topological polar surface area (TPSA) is 89.1 Å². The minimum absolute atomic E-state index is 0.0234. The number of amides is 4. The minimum Gasteiger partial charge on any atom is -0.368 e. The van der Waals surface area contributed by atoms with Gasteiger partial charge >= 0.3 is 6.03 Å². The summed E-state index contributed by atoms with van der Waals surface area (Å²) in [5, 5.41) is 5.81. The number of piperazine rings is 2. The van der Waals surface area contributed by atoms with Crippen molar-refractivity contribution in [2.75, 3.05) is 62.6 Å². The fraction of sp³-hybridized carbons (Fsp3) is 0.478. The van der Waals surface area contributed by atoms with Crippen LogP contribution in [-0.4, -0.2) is 89.9 Å². The predicted molar refractivity (Wildman–Crippen MR) is 134 cm³/mol. The van der Waals surface area contributed by atoms with Gasteiger partial charge in [-0.2, -0.15) is 0 Å². The van der Waals surface area contributed by atoms with Crippen LogP contribution in [0.5, 0.6) is 0 Å². The van der Waals surface area contributed by atoms with Crippen molar-refractivity contribution in [3.05, 3.63) is 39.9 Å². The Labute approximate surface area is 208 Å².